The lowest BCUT2D eigenvalue weighted by molar-refractivity contribution is 0.0950. The first kappa shape index (κ1) is 16.5. The van der Waals surface area contributed by atoms with Crippen LogP contribution >= 0.6 is 11.6 Å². The molecular formula is C20H17ClN4O. The fraction of sp³-hybridized carbons (Fsp3) is 0.150. The first-order valence-corrected chi connectivity index (χ1v) is 8.78. The summed E-state index contributed by atoms with van der Waals surface area (Å²) in [6.45, 7) is 1.28. The van der Waals surface area contributed by atoms with Crippen molar-refractivity contribution in [1.29, 1.82) is 0 Å². The predicted octanol–water partition coefficient (Wildman–Crippen LogP) is 3.75. The standard InChI is InChI=1S/C20H17ClN4O/c21-17-7-5-14(6-8-17)11-22-19(26)16-12-23-20(24-13-16)25-10-9-15-3-1-2-4-18(15)25/h1-8,12-13H,9-11H2,(H,22,26). The molecule has 0 fully saturated rings. The van der Waals surface area contributed by atoms with Crippen LogP contribution in [0.5, 0.6) is 0 Å². The largest absolute Gasteiger partial charge is 0.348 e. The van der Waals surface area contributed by atoms with Gasteiger partial charge >= 0.3 is 0 Å². The molecule has 26 heavy (non-hydrogen) atoms. The molecule has 1 N–H and O–H groups in total. The Morgan fingerprint density at radius 3 is 2.58 bits per heavy atom. The van der Waals surface area contributed by atoms with Crippen molar-refractivity contribution < 1.29 is 4.79 Å². The number of fused-ring (bicyclic) bond motifs is 1. The second kappa shape index (κ2) is 7.14. The lowest BCUT2D eigenvalue weighted by atomic mass is 10.2. The minimum atomic E-state index is -0.201. The van der Waals surface area contributed by atoms with E-state index >= 15 is 0 Å². The lowest BCUT2D eigenvalue weighted by Crippen LogP contribution is -2.24. The van der Waals surface area contributed by atoms with Gasteiger partial charge in [-0.15, -0.1) is 0 Å². The quantitative estimate of drug-likeness (QED) is 0.766. The molecule has 0 saturated carbocycles. The average Bonchev–Trinajstić information content (AvgIpc) is 3.11. The van der Waals surface area contributed by atoms with Gasteiger partial charge in [-0.2, -0.15) is 0 Å². The molecule has 130 valence electrons. The lowest BCUT2D eigenvalue weighted by Gasteiger charge is -2.16. The predicted molar refractivity (Wildman–Crippen MR) is 102 cm³/mol. The first-order chi connectivity index (χ1) is 12.7. The number of benzene rings is 2. The van der Waals surface area contributed by atoms with Gasteiger partial charge in [0.05, 0.1) is 5.56 Å². The molecule has 0 aliphatic carbocycles. The Labute approximate surface area is 156 Å². The SMILES string of the molecule is O=C(NCc1ccc(Cl)cc1)c1cnc(N2CCc3ccccc32)nc1. The van der Waals surface area contributed by atoms with Crippen molar-refractivity contribution in [3.8, 4) is 0 Å². The molecule has 1 aromatic heterocycles. The number of hydrogen-bond donors (Lipinski definition) is 1. The van der Waals surface area contributed by atoms with Gasteiger partial charge in [0.25, 0.3) is 5.91 Å². The molecule has 0 unspecified atom stereocenters. The molecule has 4 rings (SSSR count). The number of halogens is 1. The van der Waals surface area contributed by atoms with Gasteiger partial charge in [-0.25, -0.2) is 9.97 Å². The van der Waals surface area contributed by atoms with Crippen LogP contribution in [0.3, 0.4) is 0 Å². The van der Waals surface area contributed by atoms with Crippen molar-refractivity contribution in [2.24, 2.45) is 0 Å². The molecule has 3 aromatic rings. The number of carbonyl (C=O) groups excluding carboxylic acids is 1. The van der Waals surface area contributed by atoms with E-state index in [4.69, 9.17) is 11.6 Å². The second-order valence-corrected chi connectivity index (χ2v) is 6.55. The maximum Gasteiger partial charge on any atom is 0.254 e. The molecular weight excluding hydrogens is 348 g/mol. The molecule has 2 aromatic carbocycles. The van der Waals surface area contributed by atoms with Crippen molar-refractivity contribution in [3.05, 3.63) is 82.6 Å². The minimum absolute atomic E-state index is 0.201. The summed E-state index contributed by atoms with van der Waals surface area (Å²) < 4.78 is 0. The van der Waals surface area contributed by atoms with Crippen molar-refractivity contribution in [1.82, 2.24) is 15.3 Å². The van der Waals surface area contributed by atoms with Gasteiger partial charge in [-0.1, -0.05) is 41.9 Å². The minimum Gasteiger partial charge on any atom is -0.348 e. The normalized spacial score (nSPS) is 12.7. The van der Waals surface area contributed by atoms with Crippen LogP contribution in [0.15, 0.2) is 60.9 Å². The van der Waals surface area contributed by atoms with E-state index in [0.29, 0.717) is 23.1 Å². The number of para-hydroxylation sites is 1. The zero-order valence-corrected chi connectivity index (χ0v) is 14.8. The number of nitrogens with zero attached hydrogens (tertiary/aromatic N) is 3. The van der Waals surface area contributed by atoms with E-state index in [1.54, 1.807) is 24.5 Å². The smallest absolute Gasteiger partial charge is 0.254 e. The highest BCUT2D eigenvalue weighted by Crippen LogP contribution is 2.31. The maximum absolute atomic E-state index is 12.3. The molecule has 1 aliphatic rings. The summed E-state index contributed by atoms with van der Waals surface area (Å²) in [7, 11) is 0. The van der Waals surface area contributed by atoms with E-state index in [9.17, 15) is 4.79 Å². The topological polar surface area (TPSA) is 58.1 Å². The Hall–Kier alpha value is -2.92. The van der Waals surface area contributed by atoms with Gasteiger partial charge in [-0.3, -0.25) is 4.79 Å². The molecule has 0 atom stereocenters. The van der Waals surface area contributed by atoms with Crippen LogP contribution in [0.4, 0.5) is 11.6 Å². The van der Waals surface area contributed by atoms with Crippen molar-refractivity contribution >= 4 is 29.1 Å². The number of nitrogens with one attached hydrogen (secondary N) is 1. The highest BCUT2D eigenvalue weighted by molar-refractivity contribution is 6.30. The second-order valence-electron chi connectivity index (χ2n) is 6.11. The van der Waals surface area contributed by atoms with Gasteiger partial charge in [0.1, 0.15) is 0 Å². The number of aromatic nitrogens is 2. The third-order valence-corrected chi connectivity index (χ3v) is 4.65. The molecule has 0 bridgehead atoms. The number of anilines is 2. The molecule has 1 amide bonds. The molecule has 5 nitrogen and oxygen atoms in total. The summed E-state index contributed by atoms with van der Waals surface area (Å²) in [4.78, 5) is 23.1. The Morgan fingerprint density at radius 1 is 1.08 bits per heavy atom. The summed E-state index contributed by atoms with van der Waals surface area (Å²) in [6, 6.07) is 15.6. The van der Waals surface area contributed by atoms with E-state index in [0.717, 1.165) is 24.2 Å². The van der Waals surface area contributed by atoms with Gasteiger partial charge in [0.2, 0.25) is 5.95 Å². The van der Waals surface area contributed by atoms with Crippen molar-refractivity contribution in [2.75, 3.05) is 11.4 Å². The summed E-state index contributed by atoms with van der Waals surface area (Å²) in [5, 5.41) is 3.54. The monoisotopic (exact) mass is 364 g/mol. The Bertz CT molecular complexity index is 925. The van der Waals surface area contributed by atoms with Crippen molar-refractivity contribution in [2.45, 2.75) is 13.0 Å². The van der Waals surface area contributed by atoms with Crippen LogP contribution in [0.25, 0.3) is 0 Å². The van der Waals surface area contributed by atoms with Gasteiger partial charge < -0.3 is 10.2 Å². The van der Waals surface area contributed by atoms with Gasteiger partial charge in [0.15, 0.2) is 0 Å². The van der Waals surface area contributed by atoms with E-state index in [2.05, 4.69) is 32.3 Å². The number of carbonyl (C=O) groups is 1. The molecule has 6 heteroatoms. The van der Waals surface area contributed by atoms with E-state index in [-0.39, 0.29) is 5.91 Å². The fourth-order valence-corrected chi connectivity index (χ4v) is 3.14. The third kappa shape index (κ3) is 3.39. The van der Waals surface area contributed by atoms with Gasteiger partial charge in [0, 0.05) is 36.2 Å². The van der Waals surface area contributed by atoms with Crippen LogP contribution in [0, 0.1) is 0 Å². The Balaban J connectivity index is 1.43. The molecule has 1 aliphatic heterocycles. The summed E-state index contributed by atoms with van der Waals surface area (Å²) in [6.07, 6.45) is 4.11. The van der Waals surface area contributed by atoms with Crippen LogP contribution in [0.2, 0.25) is 5.02 Å². The van der Waals surface area contributed by atoms with Gasteiger partial charge in [-0.05, 0) is 35.7 Å². The van der Waals surface area contributed by atoms with E-state index in [1.165, 1.54) is 5.56 Å². The van der Waals surface area contributed by atoms with Crippen LogP contribution in [-0.4, -0.2) is 22.4 Å². The van der Waals surface area contributed by atoms with Crippen LogP contribution in [-0.2, 0) is 13.0 Å². The average molecular weight is 365 g/mol. The van der Waals surface area contributed by atoms with Crippen LogP contribution < -0.4 is 10.2 Å². The molecule has 0 radical (unpaired) electrons. The Morgan fingerprint density at radius 2 is 1.81 bits per heavy atom. The maximum atomic E-state index is 12.3. The summed E-state index contributed by atoms with van der Waals surface area (Å²) in [5.74, 6) is 0.414. The zero-order valence-electron chi connectivity index (χ0n) is 14.0. The summed E-state index contributed by atoms with van der Waals surface area (Å²) >= 11 is 5.86. The zero-order chi connectivity index (χ0) is 17.9. The highest BCUT2D eigenvalue weighted by Gasteiger charge is 2.21. The summed E-state index contributed by atoms with van der Waals surface area (Å²) in [5.41, 5.74) is 3.84. The molecule has 0 spiro atoms. The fourth-order valence-electron chi connectivity index (χ4n) is 3.01. The molecule has 0 saturated heterocycles. The molecule has 2 heterocycles. The van der Waals surface area contributed by atoms with Crippen LogP contribution in [0.1, 0.15) is 21.5 Å². The third-order valence-electron chi connectivity index (χ3n) is 4.40. The number of rotatable bonds is 4. The first-order valence-electron chi connectivity index (χ1n) is 8.41. The Kier molecular flexibility index (Phi) is 4.54. The van der Waals surface area contributed by atoms with E-state index < -0.39 is 0 Å². The van der Waals surface area contributed by atoms with Crippen molar-refractivity contribution in [3.63, 3.8) is 0 Å². The number of hydrogen-bond acceptors (Lipinski definition) is 4. The van der Waals surface area contributed by atoms with E-state index in [1.807, 2.05) is 24.3 Å². The number of amides is 1. The highest BCUT2D eigenvalue weighted by atomic mass is 35.5.